The first-order chi connectivity index (χ1) is 12.7. The maximum absolute atomic E-state index is 13.0. The lowest BCUT2D eigenvalue weighted by atomic mass is 9.94. The van der Waals surface area contributed by atoms with E-state index in [0.717, 1.165) is 24.3 Å². The Balaban J connectivity index is 1.75. The number of aromatic nitrogens is 2. The van der Waals surface area contributed by atoms with Gasteiger partial charge in [0.05, 0.1) is 7.11 Å². The summed E-state index contributed by atoms with van der Waals surface area (Å²) in [7, 11) is 1.62. The van der Waals surface area contributed by atoms with Gasteiger partial charge in [-0.25, -0.2) is 9.97 Å². The molecule has 138 valence electrons. The summed E-state index contributed by atoms with van der Waals surface area (Å²) in [4.78, 5) is 23.6. The molecule has 1 fully saturated rings. The van der Waals surface area contributed by atoms with Crippen LogP contribution in [0.15, 0.2) is 36.5 Å². The van der Waals surface area contributed by atoms with E-state index in [1.165, 1.54) is 19.3 Å². The van der Waals surface area contributed by atoms with Gasteiger partial charge in [0.15, 0.2) is 0 Å². The van der Waals surface area contributed by atoms with Crippen LogP contribution >= 0.6 is 0 Å². The monoisotopic (exact) mass is 354 g/mol. The molecule has 0 atom stereocenters. The van der Waals surface area contributed by atoms with E-state index in [0.29, 0.717) is 24.2 Å². The standard InChI is InChI=1S/C20H26N4O2/c1-3-24(16-9-5-4-6-10-16)19(25)18-12-13-21-20(23-18)22-15-8-7-11-17(14-15)26-2/h7-8,11-14,16H,3-6,9-10H2,1-2H3,(H,21,22,23). The van der Waals surface area contributed by atoms with Gasteiger partial charge in [-0.2, -0.15) is 0 Å². The molecule has 0 aliphatic heterocycles. The number of nitrogens with zero attached hydrogens (tertiary/aromatic N) is 3. The smallest absolute Gasteiger partial charge is 0.272 e. The summed E-state index contributed by atoms with van der Waals surface area (Å²) in [6.07, 6.45) is 7.45. The molecular formula is C20H26N4O2. The Bertz CT molecular complexity index is 744. The minimum atomic E-state index is -0.0181. The number of hydrogen-bond donors (Lipinski definition) is 1. The summed E-state index contributed by atoms with van der Waals surface area (Å²) in [6, 6.07) is 9.53. The Morgan fingerprint density at radius 1 is 1.27 bits per heavy atom. The van der Waals surface area contributed by atoms with Crippen LogP contribution in [0.2, 0.25) is 0 Å². The molecule has 0 unspecified atom stereocenters. The van der Waals surface area contributed by atoms with Gasteiger partial charge in [-0.1, -0.05) is 25.3 Å². The average Bonchev–Trinajstić information content (AvgIpc) is 2.69. The van der Waals surface area contributed by atoms with E-state index in [9.17, 15) is 4.79 Å². The van der Waals surface area contributed by atoms with Crippen LogP contribution in [0.3, 0.4) is 0 Å². The third-order valence-corrected chi connectivity index (χ3v) is 4.82. The van der Waals surface area contributed by atoms with Gasteiger partial charge in [0, 0.05) is 30.5 Å². The molecule has 0 radical (unpaired) electrons. The van der Waals surface area contributed by atoms with Crippen molar-refractivity contribution < 1.29 is 9.53 Å². The molecule has 1 aromatic carbocycles. The zero-order valence-electron chi connectivity index (χ0n) is 15.4. The third kappa shape index (κ3) is 4.31. The summed E-state index contributed by atoms with van der Waals surface area (Å²) >= 11 is 0. The molecule has 0 saturated heterocycles. The van der Waals surface area contributed by atoms with Crippen molar-refractivity contribution >= 4 is 17.5 Å². The van der Waals surface area contributed by atoms with Gasteiger partial charge in [-0.05, 0) is 38.0 Å². The zero-order chi connectivity index (χ0) is 18.4. The molecule has 1 heterocycles. The van der Waals surface area contributed by atoms with E-state index in [1.54, 1.807) is 19.4 Å². The average molecular weight is 354 g/mol. The van der Waals surface area contributed by atoms with Crippen LogP contribution in [0.5, 0.6) is 5.75 Å². The van der Waals surface area contributed by atoms with Crippen LogP contribution in [0.4, 0.5) is 11.6 Å². The second-order valence-electron chi connectivity index (χ2n) is 6.51. The van der Waals surface area contributed by atoms with Crippen molar-refractivity contribution in [2.24, 2.45) is 0 Å². The van der Waals surface area contributed by atoms with Crippen LogP contribution < -0.4 is 10.1 Å². The number of anilines is 2. The SMILES string of the molecule is CCN(C(=O)c1ccnc(Nc2cccc(OC)c2)n1)C1CCCCC1. The maximum atomic E-state index is 13.0. The lowest BCUT2D eigenvalue weighted by Crippen LogP contribution is -2.41. The number of nitrogens with one attached hydrogen (secondary N) is 1. The van der Waals surface area contributed by atoms with Crippen molar-refractivity contribution in [3.8, 4) is 5.75 Å². The van der Waals surface area contributed by atoms with Crippen LogP contribution in [0.1, 0.15) is 49.5 Å². The van der Waals surface area contributed by atoms with Gasteiger partial charge in [-0.15, -0.1) is 0 Å². The predicted molar refractivity (Wildman–Crippen MR) is 102 cm³/mol. The molecule has 6 heteroatoms. The Morgan fingerprint density at radius 3 is 2.81 bits per heavy atom. The van der Waals surface area contributed by atoms with E-state index >= 15 is 0 Å². The summed E-state index contributed by atoms with van der Waals surface area (Å²) in [6.45, 7) is 2.73. The molecule has 2 aromatic rings. The number of rotatable bonds is 6. The summed E-state index contributed by atoms with van der Waals surface area (Å²) < 4.78 is 5.23. The van der Waals surface area contributed by atoms with Gasteiger partial charge in [0.2, 0.25) is 5.95 Å². The Kier molecular flexibility index (Phi) is 6.04. The Hall–Kier alpha value is -2.63. The Morgan fingerprint density at radius 2 is 2.08 bits per heavy atom. The predicted octanol–water partition coefficient (Wildman–Crippen LogP) is 4.02. The van der Waals surface area contributed by atoms with Crippen molar-refractivity contribution in [1.29, 1.82) is 0 Å². The third-order valence-electron chi connectivity index (χ3n) is 4.82. The highest BCUT2D eigenvalue weighted by atomic mass is 16.5. The normalized spacial score (nSPS) is 14.7. The van der Waals surface area contributed by atoms with E-state index in [1.807, 2.05) is 36.1 Å². The van der Waals surface area contributed by atoms with Gasteiger partial charge < -0.3 is 15.0 Å². The molecule has 1 aliphatic rings. The topological polar surface area (TPSA) is 67.4 Å². The zero-order valence-corrected chi connectivity index (χ0v) is 15.4. The van der Waals surface area contributed by atoms with Crippen molar-refractivity contribution in [2.45, 2.75) is 45.1 Å². The second-order valence-corrected chi connectivity index (χ2v) is 6.51. The summed E-state index contributed by atoms with van der Waals surface area (Å²) in [5, 5.41) is 3.14. The van der Waals surface area contributed by atoms with E-state index in [-0.39, 0.29) is 5.91 Å². The minimum absolute atomic E-state index is 0.0181. The van der Waals surface area contributed by atoms with E-state index in [4.69, 9.17) is 4.74 Å². The van der Waals surface area contributed by atoms with Crippen molar-refractivity contribution in [3.05, 3.63) is 42.2 Å². The Labute approximate surface area is 154 Å². The number of ether oxygens (including phenoxy) is 1. The second kappa shape index (κ2) is 8.65. The molecule has 1 aromatic heterocycles. The minimum Gasteiger partial charge on any atom is -0.497 e. The molecule has 26 heavy (non-hydrogen) atoms. The first-order valence-corrected chi connectivity index (χ1v) is 9.26. The molecular weight excluding hydrogens is 328 g/mol. The van der Waals surface area contributed by atoms with Crippen molar-refractivity contribution in [2.75, 3.05) is 19.0 Å². The van der Waals surface area contributed by atoms with Gasteiger partial charge in [-0.3, -0.25) is 4.79 Å². The first kappa shape index (κ1) is 18.2. The first-order valence-electron chi connectivity index (χ1n) is 9.26. The lowest BCUT2D eigenvalue weighted by molar-refractivity contribution is 0.0642. The number of methoxy groups -OCH3 is 1. The number of hydrogen-bond acceptors (Lipinski definition) is 5. The fraction of sp³-hybridized carbons (Fsp3) is 0.450. The molecule has 6 nitrogen and oxygen atoms in total. The fourth-order valence-electron chi connectivity index (χ4n) is 3.48. The van der Waals surface area contributed by atoms with Gasteiger partial charge in [0.1, 0.15) is 11.4 Å². The highest BCUT2D eigenvalue weighted by Crippen LogP contribution is 2.24. The molecule has 1 aliphatic carbocycles. The van der Waals surface area contributed by atoms with Crippen LogP contribution in [0.25, 0.3) is 0 Å². The van der Waals surface area contributed by atoms with Crippen molar-refractivity contribution in [1.82, 2.24) is 14.9 Å². The number of carbonyl (C=O) groups is 1. The van der Waals surface area contributed by atoms with Crippen LogP contribution in [-0.4, -0.2) is 40.5 Å². The largest absolute Gasteiger partial charge is 0.497 e. The van der Waals surface area contributed by atoms with E-state index < -0.39 is 0 Å². The number of benzene rings is 1. The quantitative estimate of drug-likeness (QED) is 0.848. The lowest BCUT2D eigenvalue weighted by Gasteiger charge is -2.33. The highest BCUT2D eigenvalue weighted by molar-refractivity contribution is 5.92. The van der Waals surface area contributed by atoms with Crippen molar-refractivity contribution in [3.63, 3.8) is 0 Å². The number of carbonyl (C=O) groups excluding carboxylic acids is 1. The highest BCUT2D eigenvalue weighted by Gasteiger charge is 2.25. The van der Waals surface area contributed by atoms with E-state index in [2.05, 4.69) is 15.3 Å². The molecule has 1 saturated carbocycles. The number of amides is 1. The van der Waals surface area contributed by atoms with Crippen LogP contribution in [-0.2, 0) is 0 Å². The molecule has 0 bridgehead atoms. The summed E-state index contributed by atoms with van der Waals surface area (Å²) in [5.74, 6) is 1.14. The fourth-order valence-corrected chi connectivity index (χ4v) is 3.48. The molecule has 3 rings (SSSR count). The van der Waals surface area contributed by atoms with Gasteiger partial charge >= 0.3 is 0 Å². The summed E-state index contributed by atoms with van der Waals surface area (Å²) in [5.41, 5.74) is 1.24. The maximum Gasteiger partial charge on any atom is 0.272 e. The van der Waals surface area contributed by atoms with Gasteiger partial charge in [0.25, 0.3) is 5.91 Å². The molecule has 1 N–H and O–H groups in total. The molecule has 1 amide bonds. The van der Waals surface area contributed by atoms with Crippen LogP contribution in [0, 0.1) is 0 Å². The molecule has 0 spiro atoms.